The largest absolute Gasteiger partial charge is 0.508 e. The average Bonchev–Trinajstić information content (AvgIpc) is 3.76. The number of amides is 1. The molecule has 11 nitrogen and oxygen atoms in total. The number of rotatable bonds is 13. The quantitative estimate of drug-likeness (QED) is 0.0378. The minimum atomic E-state index is -5.05. The molecule has 0 bridgehead atoms. The second kappa shape index (κ2) is 17.2. The molecule has 2 aromatic heterocycles. The summed E-state index contributed by atoms with van der Waals surface area (Å²) in [5.41, 5.74) is -2.73. The van der Waals surface area contributed by atoms with E-state index in [1.165, 1.54) is 83.3 Å². The molecule has 0 spiro atoms. The fourth-order valence-electron chi connectivity index (χ4n) is 7.89. The Balaban J connectivity index is 0.000000238. The number of primary amides is 1. The summed E-state index contributed by atoms with van der Waals surface area (Å²) in [6, 6.07) is 17.6. The number of benzene rings is 4. The second-order valence-electron chi connectivity index (χ2n) is 16.8. The molecule has 2 atom stereocenters. The minimum Gasteiger partial charge on any atom is -0.508 e. The number of nitro benzene ring substituents is 1. The minimum absolute atomic E-state index is 0.0228. The van der Waals surface area contributed by atoms with Crippen LogP contribution in [-0.2, 0) is 23.7 Å². The van der Waals surface area contributed by atoms with E-state index in [1.54, 1.807) is 6.07 Å². The molecule has 0 fully saturated rings. The zero-order valence-corrected chi connectivity index (χ0v) is 34.4. The van der Waals surface area contributed by atoms with Gasteiger partial charge in [0, 0.05) is 69.5 Å². The zero-order chi connectivity index (χ0) is 47.1. The molecule has 0 aliphatic rings. The normalized spacial score (nSPS) is 14.5. The van der Waals surface area contributed by atoms with Gasteiger partial charge < -0.3 is 35.8 Å². The Morgan fingerprint density at radius 2 is 1.21 bits per heavy atom. The molecule has 19 heteroatoms. The molecule has 0 aliphatic heterocycles. The third kappa shape index (κ3) is 10.5. The van der Waals surface area contributed by atoms with Crippen molar-refractivity contribution in [2.24, 2.45) is 5.73 Å². The monoisotopic (exact) mass is 892 g/mol. The highest BCUT2D eigenvalue weighted by Crippen LogP contribution is 2.47. The maximum atomic E-state index is 14.1. The molecule has 1 amide bonds. The van der Waals surface area contributed by atoms with Gasteiger partial charge in [-0.2, -0.15) is 26.3 Å². The number of phenols is 1. The van der Waals surface area contributed by atoms with Crippen molar-refractivity contribution < 1.29 is 64.9 Å². The van der Waals surface area contributed by atoms with Gasteiger partial charge in [-0.1, -0.05) is 33.8 Å². The fourth-order valence-corrected chi connectivity index (χ4v) is 7.89. The van der Waals surface area contributed by atoms with Gasteiger partial charge in [0.05, 0.1) is 12.0 Å². The fraction of sp³-hybridized carbons (Fsp3) is 0.341. The van der Waals surface area contributed by atoms with E-state index in [-0.39, 0.29) is 45.3 Å². The number of aromatic amines is 2. The van der Waals surface area contributed by atoms with Crippen molar-refractivity contribution in [2.75, 3.05) is 7.11 Å². The van der Waals surface area contributed by atoms with Gasteiger partial charge in [0.1, 0.15) is 23.1 Å². The first-order valence-corrected chi connectivity index (χ1v) is 19.1. The van der Waals surface area contributed by atoms with Crippen molar-refractivity contribution in [1.82, 2.24) is 9.97 Å². The number of methoxy groups -OCH3 is 1. The first-order chi connectivity index (χ1) is 29.0. The van der Waals surface area contributed by atoms with Crippen LogP contribution in [0.4, 0.5) is 40.8 Å². The number of phenolic OH excluding ortho intramolecular Hbond substituents is 1. The maximum absolute atomic E-state index is 14.1. The van der Waals surface area contributed by atoms with Crippen LogP contribution in [0.2, 0.25) is 0 Å². The number of fused-ring (bicyclic) bond motifs is 2. The van der Waals surface area contributed by atoms with Crippen molar-refractivity contribution in [3.63, 3.8) is 0 Å². The van der Waals surface area contributed by atoms with Crippen molar-refractivity contribution in [1.29, 1.82) is 0 Å². The molecular weight excluding hydrogens is 848 g/mol. The Morgan fingerprint density at radius 1 is 0.698 bits per heavy atom. The highest BCUT2D eigenvalue weighted by atomic mass is 19.4. The van der Waals surface area contributed by atoms with E-state index < -0.39 is 82.5 Å². The lowest BCUT2D eigenvalue weighted by atomic mass is 9.73. The summed E-state index contributed by atoms with van der Waals surface area (Å²) in [5, 5.41) is 43.4. The first-order valence-electron chi connectivity index (χ1n) is 19.1. The number of carbonyl (C=O) groups is 1. The van der Waals surface area contributed by atoms with Crippen LogP contribution in [0.3, 0.4) is 0 Å². The number of carbonyl (C=O) groups excluding carboxylic acids is 1. The number of nitrogens with zero attached hydrogens (tertiary/aromatic N) is 1. The highest BCUT2D eigenvalue weighted by molar-refractivity contribution is 5.97. The van der Waals surface area contributed by atoms with Gasteiger partial charge in [-0.05, 0) is 95.8 Å². The predicted molar refractivity (Wildman–Crippen MR) is 217 cm³/mol. The molecule has 2 unspecified atom stereocenters. The second-order valence-corrected chi connectivity index (χ2v) is 16.8. The summed E-state index contributed by atoms with van der Waals surface area (Å²) in [6.45, 7) is 5.72. The van der Waals surface area contributed by atoms with Crippen LogP contribution in [0.15, 0.2) is 84.9 Å². The third-order valence-electron chi connectivity index (χ3n) is 10.9. The Hall–Kier alpha value is -6.21. The van der Waals surface area contributed by atoms with Crippen LogP contribution in [0.5, 0.6) is 11.5 Å². The number of hydrogen-bond acceptors (Lipinski definition) is 7. The molecule has 2 heterocycles. The van der Waals surface area contributed by atoms with Gasteiger partial charge >= 0.3 is 12.4 Å². The lowest BCUT2D eigenvalue weighted by Gasteiger charge is -2.38. The Morgan fingerprint density at radius 3 is 1.73 bits per heavy atom. The number of H-pyrrole nitrogens is 2. The standard InChI is InChI=1S/C23H24F4N2O3.C21H20F4N2O4/c1-21(2,17-10-15(24)6-7-19(17)32-3)12-22(31,23(25,26)27)11-16-8-13-4-5-14(20(28)30)9-18(13)29-16;1-19(2,16-9-13(22)3-6-18(16)28)11-20(29,21(23,24)25)10-14-7-12-8-15(27(30)31)4-5-17(12)26-14/h4-10,29,31H,11-12H2,1-3H3,(H2,28,30);3-9,26,28-29H,10-11H2,1-2H3. The molecule has 0 aliphatic carbocycles. The summed E-state index contributed by atoms with van der Waals surface area (Å²) >= 11 is 0. The first kappa shape index (κ1) is 47.8. The van der Waals surface area contributed by atoms with Crippen LogP contribution in [-0.4, -0.2) is 66.8 Å². The summed E-state index contributed by atoms with van der Waals surface area (Å²) in [5.74, 6) is -2.17. The number of non-ortho nitro benzene ring substituents is 1. The van der Waals surface area contributed by atoms with E-state index in [0.29, 0.717) is 21.8 Å². The van der Waals surface area contributed by atoms with E-state index in [1.807, 2.05) is 0 Å². The zero-order valence-electron chi connectivity index (χ0n) is 34.4. The van der Waals surface area contributed by atoms with Gasteiger partial charge in [-0.15, -0.1) is 0 Å². The van der Waals surface area contributed by atoms with Crippen molar-refractivity contribution in [2.45, 2.75) is 87.8 Å². The van der Waals surface area contributed by atoms with Crippen LogP contribution in [0.25, 0.3) is 21.8 Å². The smallest absolute Gasteiger partial charge is 0.417 e. The Kier molecular flexibility index (Phi) is 13.0. The van der Waals surface area contributed by atoms with E-state index in [0.717, 1.165) is 30.3 Å². The van der Waals surface area contributed by atoms with Crippen molar-refractivity contribution in [3.8, 4) is 11.5 Å². The number of nitrogens with two attached hydrogens (primary N) is 1. The number of hydrogen-bond donors (Lipinski definition) is 6. The van der Waals surface area contributed by atoms with Gasteiger partial charge in [0.15, 0.2) is 11.2 Å². The van der Waals surface area contributed by atoms with Gasteiger partial charge in [0.2, 0.25) is 5.91 Å². The lowest BCUT2D eigenvalue weighted by molar-refractivity contribution is -0.384. The molecular formula is C44H44F8N4O7. The van der Waals surface area contributed by atoms with Gasteiger partial charge in [-0.3, -0.25) is 14.9 Å². The molecule has 63 heavy (non-hydrogen) atoms. The Bertz CT molecular complexity index is 2660. The van der Waals surface area contributed by atoms with Crippen molar-refractivity contribution in [3.05, 3.63) is 135 Å². The van der Waals surface area contributed by atoms with Crippen LogP contribution in [0.1, 0.15) is 73.4 Å². The topological polar surface area (TPSA) is 188 Å². The SMILES string of the molecule is CC(C)(CC(O)(Cc1cc2cc([N+](=O)[O-])ccc2[nH]1)C(F)(F)F)c1cc(F)ccc1O.COc1ccc(F)cc1C(C)(C)CC(O)(Cc1cc2ccc(C(N)=O)cc2[nH]1)C(F)(F)F. The molecule has 7 N–H and O–H groups in total. The van der Waals surface area contributed by atoms with Gasteiger partial charge in [0.25, 0.3) is 5.69 Å². The van der Waals surface area contributed by atoms with Crippen molar-refractivity contribution >= 4 is 33.4 Å². The van der Waals surface area contributed by atoms with E-state index in [2.05, 4.69) is 9.97 Å². The summed E-state index contributed by atoms with van der Waals surface area (Å²) in [6.07, 6.45) is -13.3. The Labute approximate surface area is 354 Å². The predicted octanol–water partition coefficient (Wildman–Crippen LogP) is 9.74. The number of nitro groups is 1. The molecule has 0 saturated heterocycles. The van der Waals surface area contributed by atoms with Gasteiger partial charge in [-0.25, -0.2) is 8.78 Å². The molecule has 338 valence electrons. The number of nitrogens with one attached hydrogen (secondary N) is 2. The molecule has 6 rings (SSSR count). The number of halogens is 8. The molecule has 6 aromatic rings. The summed E-state index contributed by atoms with van der Waals surface area (Å²) < 4.78 is 117. The summed E-state index contributed by atoms with van der Waals surface area (Å²) in [4.78, 5) is 27.2. The van der Waals surface area contributed by atoms with Crippen LogP contribution in [0, 0.1) is 21.7 Å². The maximum Gasteiger partial charge on any atom is 0.417 e. The highest BCUT2D eigenvalue weighted by Gasteiger charge is 2.57. The average molecular weight is 893 g/mol. The van der Waals surface area contributed by atoms with E-state index in [4.69, 9.17) is 10.5 Å². The van der Waals surface area contributed by atoms with Crippen LogP contribution < -0.4 is 10.5 Å². The number of alkyl halides is 6. The third-order valence-corrected chi connectivity index (χ3v) is 10.9. The molecule has 0 saturated carbocycles. The number of ether oxygens (including phenoxy) is 1. The summed E-state index contributed by atoms with van der Waals surface area (Å²) in [7, 11) is 1.34. The lowest BCUT2D eigenvalue weighted by Crippen LogP contribution is -2.51. The molecule has 4 aromatic carbocycles. The number of aliphatic hydroxyl groups is 2. The molecule has 0 radical (unpaired) electrons. The van der Waals surface area contributed by atoms with Crippen LogP contribution >= 0.6 is 0 Å². The van der Waals surface area contributed by atoms with E-state index >= 15 is 0 Å². The number of aromatic nitrogens is 2. The van der Waals surface area contributed by atoms with E-state index in [9.17, 15) is 65.4 Å². The number of aromatic hydroxyl groups is 1.